The molecule has 0 aliphatic carbocycles. The van der Waals surface area contributed by atoms with E-state index >= 15 is 0 Å². The van der Waals surface area contributed by atoms with E-state index in [-0.39, 0.29) is 5.82 Å². The molecule has 92 valence electrons. The normalized spacial score (nSPS) is 11.2. The molecule has 0 aliphatic heterocycles. The third-order valence-electron chi connectivity index (χ3n) is 2.59. The molecular weight excluding hydrogens is 337 g/mol. The van der Waals surface area contributed by atoms with Crippen molar-refractivity contribution in [3.63, 3.8) is 0 Å². The summed E-state index contributed by atoms with van der Waals surface area (Å²) in [5.74, 6) is -0.301. The van der Waals surface area contributed by atoms with E-state index in [0.29, 0.717) is 15.8 Å². The molecule has 0 spiro atoms. The summed E-state index contributed by atoms with van der Waals surface area (Å²) in [4.78, 5) is 7.28. The summed E-state index contributed by atoms with van der Waals surface area (Å²) >= 11 is 9.97. The van der Waals surface area contributed by atoms with Gasteiger partial charge in [0.1, 0.15) is 10.8 Å². The SMILES string of the molecule is Fc1cc2c(cc1Br)[nH]c(=S)n2Cc1nccs1. The van der Waals surface area contributed by atoms with E-state index in [9.17, 15) is 4.39 Å². The summed E-state index contributed by atoms with van der Waals surface area (Å²) in [5, 5.41) is 2.85. The molecule has 0 bridgehead atoms. The zero-order valence-electron chi connectivity index (χ0n) is 8.98. The van der Waals surface area contributed by atoms with Crippen molar-refractivity contribution in [2.24, 2.45) is 0 Å². The first-order valence-corrected chi connectivity index (χ1v) is 7.19. The Morgan fingerprint density at radius 1 is 1.50 bits per heavy atom. The van der Waals surface area contributed by atoms with Crippen molar-refractivity contribution < 1.29 is 4.39 Å². The minimum Gasteiger partial charge on any atom is -0.331 e. The lowest BCUT2D eigenvalue weighted by Gasteiger charge is -2.02. The van der Waals surface area contributed by atoms with Gasteiger partial charge in [0.25, 0.3) is 0 Å². The molecule has 0 amide bonds. The van der Waals surface area contributed by atoms with Gasteiger partial charge in [-0.25, -0.2) is 9.37 Å². The maximum absolute atomic E-state index is 13.6. The molecule has 3 aromatic rings. The Balaban J connectivity index is 2.19. The van der Waals surface area contributed by atoms with Gasteiger partial charge in [-0.05, 0) is 34.2 Å². The molecule has 0 fully saturated rings. The van der Waals surface area contributed by atoms with Crippen LogP contribution in [0.4, 0.5) is 4.39 Å². The molecule has 1 aromatic carbocycles. The second-order valence-corrected chi connectivity index (χ2v) is 5.95. The number of H-pyrrole nitrogens is 1. The third-order valence-corrected chi connectivity index (χ3v) is 4.29. The second kappa shape index (κ2) is 4.56. The predicted molar refractivity (Wildman–Crippen MR) is 76.0 cm³/mol. The number of thiazole rings is 1. The molecule has 0 saturated heterocycles. The molecule has 18 heavy (non-hydrogen) atoms. The Hall–Kier alpha value is -1.05. The first-order chi connectivity index (χ1) is 8.65. The molecule has 2 aromatic heterocycles. The maximum Gasteiger partial charge on any atom is 0.178 e. The van der Waals surface area contributed by atoms with Gasteiger partial charge in [-0.2, -0.15) is 0 Å². The smallest absolute Gasteiger partial charge is 0.178 e. The molecule has 3 rings (SSSR count). The summed E-state index contributed by atoms with van der Waals surface area (Å²) in [7, 11) is 0. The Morgan fingerprint density at radius 3 is 3.06 bits per heavy atom. The molecule has 7 heteroatoms. The number of nitrogens with one attached hydrogen (secondary N) is 1. The zero-order chi connectivity index (χ0) is 12.7. The van der Waals surface area contributed by atoms with Gasteiger partial charge in [-0.1, -0.05) is 0 Å². The predicted octanol–water partition coefficient (Wildman–Crippen LogP) is 4.11. The molecule has 0 radical (unpaired) electrons. The van der Waals surface area contributed by atoms with Crippen molar-refractivity contribution in [1.82, 2.24) is 14.5 Å². The molecule has 0 aliphatic rings. The number of halogens is 2. The molecule has 0 unspecified atom stereocenters. The van der Waals surface area contributed by atoms with Crippen LogP contribution in [0.3, 0.4) is 0 Å². The minimum atomic E-state index is -0.301. The summed E-state index contributed by atoms with van der Waals surface area (Å²) < 4.78 is 16.4. The van der Waals surface area contributed by atoms with E-state index in [1.165, 1.54) is 6.07 Å². The van der Waals surface area contributed by atoms with Gasteiger partial charge in [-0.3, -0.25) is 0 Å². The number of aromatic amines is 1. The zero-order valence-corrected chi connectivity index (χ0v) is 12.2. The second-order valence-electron chi connectivity index (χ2n) is 3.73. The summed E-state index contributed by atoms with van der Waals surface area (Å²) in [6.45, 7) is 0.553. The number of aromatic nitrogens is 3. The van der Waals surface area contributed by atoms with E-state index in [1.807, 2.05) is 9.95 Å². The van der Waals surface area contributed by atoms with E-state index in [1.54, 1.807) is 23.6 Å². The van der Waals surface area contributed by atoms with Crippen LogP contribution in [0.1, 0.15) is 5.01 Å². The fraction of sp³-hybridized carbons (Fsp3) is 0.0909. The number of hydrogen-bond donors (Lipinski definition) is 1. The molecule has 2 heterocycles. The number of fused-ring (bicyclic) bond motifs is 1. The highest BCUT2D eigenvalue weighted by atomic mass is 79.9. The largest absolute Gasteiger partial charge is 0.331 e. The molecule has 1 N–H and O–H groups in total. The minimum absolute atomic E-state index is 0.301. The van der Waals surface area contributed by atoms with E-state index in [4.69, 9.17) is 12.2 Å². The van der Waals surface area contributed by atoms with Crippen LogP contribution in [-0.2, 0) is 6.54 Å². The van der Waals surface area contributed by atoms with Gasteiger partial charge < -0.3 is 9.55 Å². The molecule has 0 saturated carbocycles. The maximum atomic E-state index is 13.6. The van der Waals surface area contributed by atoms with Crippen molar-refractivity contribution in [1.29, 1.82) is 0 Å². The monoisotopic (exact) mass is 343 g/mol. The van der Waals surface area contributed by atoms with Gasteiger partial charge >= 0.3 is 0 Å². The number of imidazole rings is 1. The summed E-state index contributed by atoms with van der Waals surface area (Å²) in [6, 6.07) is 3.16. The molecule has 3 nitrogen and oxygen atoms in total. The van der Waals surface area contributed by atoms with Gasteiger partial charge in [0.05, 0.1) is 22.1 Å². The quantitative estimate of drug-likeness (QED) is 0.710. The highest BCUT2D eigenvalue weighted by Gasteiger charge is 2.10. The highest BCUT2D eigenvalue weighted by Crippen LogP contribution is 2.24. The van der Waals surface area contributed by atoms with Crippen molar-refractivity contribution in [3.05, 3.63) is 43.8 Å². The van der Waals surface area contributed by atoms with Crippen LogP contribution in [0.25, 0.3) is 11.0 Å². The van der Waals surface area contributed by atoms with Crippen molar-refractivity contribution in [3.8, 4) is 0 Å². The van der Waals surface area contributed by atoms with Gasteiger partial charge in [-0.15, -0.1) is 11.3 Å². The van der Waals surface area contributed by atoms with Crippen LogP contribution in [0.5, 0.6) is 0 Å². The highest BCUT2D eigenvalue weighted by molar-refractivity contribution is 9.10. The number of nitrogens with zero attached hydrogens (tertiary/aromatic N) is 2. The van der Waals surface area contributed by atoms with Crippen molar-refractivity contribution in [2.45, 2.75) is 6.54 Å². The lowest BCUT2D eigenvalue weighted by molar-refractivity contribution is 0.622. The third kappa shape index (κ3) is 2.02. The van der Waals surface area contributed by atoms with Crippen molar-refractivity contribution >= 4 is 50.5 Å². The van der Waals surface area contributed by atoms with E-state index in [2.05, 4.69) is 25.9 Å². The summed E-state index contributed by atoms with van der Waals surface area (Å²) in [6.07, 6.45) is 1.75. The van der Waals surface area contributed by atoms with Crippen molar-refractivity contribution in [2.75, 3.05) is 0 Å². The first-order valence-electron chi connectivity index (χ1n) is 5.11. The lowest BCUT2D eigenvalue weighted by Crippen LogP contribution is -1.99. The summed E-state index contributed by atoms with van der Waals surface area (Å²) in [5.41, 5.74) is 1.56. The Kier molecular flexibility index (Phi) is 3.04. The van der Waals surface area contributed by atoms with Gasteiger partial charge in [0.15, 0.2) is 4.77 Å². The fourth-order valence-corrected chi connectivity index (χ4v) is 3.00. The van der Waals surface area contributed by atoms with Crippen LogP contribution in [0, 0.1) is 10.6 Å². The fourth-order valence-electron chi connectivity index (χ4n) is 1.78. The topological polar surface area (TPSA) is 33.6 Å². The Morgan fingerprint density at radius 2 is 2.33 bits per heavy atom. The van der Waals surface area contributed by atoms with Crippen LogP contribution < -0.4 is 0 Å². The molecule has 0 atom stereocenters. The lowest BCUT2D eigenvalue weighted by atomic mass is 10.3. The number of hydrogen-bond acceptors (Lipinski definition) is 3. The number of rotatable bonds is 2. The average Bonchev–Trinajstić information content (AvgIpc) is 2.92. The van der Waals surface area contributed by atoms with Crippen LogP contribution in [0.15, 0.2) is 28.2 Å². The van der Waals surface area contributed by atoms with E-state index in [0.717, 1.165) is 16.0 Å². The van der Waals surface area contributed by atoms with Crippen LogP contribution in [-0.4, -0.2) is 14.5 Å². The first kappa shape index (κ1) is 12.0. The van der Waals surface area contributed by atoms with Gasteiger partial charge in [0.2, 0.25) is 0 Å². The Bertz CT molecular complexity index is 761. The molecular formula is C11H7BrFN3S2. The standard InChI is InChI=1S/C11H7BrFN3S2/c12-6-3-8-9(4-7(6)13)16(11(17)15-8)5-10-14-1-2-18-10/h1-4H,5H2,(H,15,17). The average molecular weight is 344 g/mol. The van der Waals surface area contributed by atoms with Crippen LogP contribution in [0.2, 0.25) is 0 Å². The van der Waals surface area contributed by atoms with Crippen LogP contribution >= 0.6 is 39.5 Å². The van der Waals surface area contributed by atoms with Gasteiger partial charge in [0, 0.05) is 17.6 Å². The van der Waals surface area contributed by atoms with E-state index < -0.39 is 0 Å². The number of benzene rings is 1. The Labute approximate surface area is 119 Å².